The number of ether oxygens (including phenoxy) is 2. The Morgan fingerprint density at radius 3 is 2.18 bits per heavy atom. The molecule has 0 radical (unpaired) electrons. The lowest BCUT2D eigenvalue weighted by Crippen LogP contribution is -2.03. The van der Waals surface area contributed by atoms with E-state index in [9.17, 15) is 10.1 Å². The normalized spacial score (nSPS) is 10.3. The summed E-state index contributed by atoms with van der Waals surface area (Å²) in [4.78, 5) is 11.1. The molecule has 0 aliphatic rings. The fourth-order valence-electron chi connectivity index (χ4n) is 1.81. The molecule has 6 nitrogen and oxygen atoms in total. The van der Waals surface area contributed by atoms with Crippen LogP contribution in [0.1, 0.15) is 5.56 Å². The maximum atomic E-state index is 10.6. The molecule has 0 unspecified atom stereocenters. The Labute approximate surface area is 132 Å². The molecular formula is C15H16N2O4S. The van der Waals surface area contributed by atoms with Crippen LogP contribution in [0.3, 0.4) is 0 Å². The Morgan fingerprint density at radius 1 is 1.09 bits per heavy atom. The van der Waals surface area contributed by atoms with Crippen molar-refractivity contribution in [3.8, 4) is 11.5 Å². The predicted octanol–water partition coefficient (Wildman–Crippen LogP) is 3.41. The summed E-state index contributed by atoms with van der Waals surface area (Å²) >= 11 is 1.41. The van der Waals surface area contributed by atoms with Gasteiger partial charge in [-0.1, -0.05) is 0 Å². The number of hydrogen-bond acceptors (Lipinski definition) is 6. The lowest BCUT2D eigenvalue weighted by Gasteiger charge is -2.09. The fraction of sp³-hybridized carbons (Fsp3) is 0.200. The molecule has 2 aromatic carbocycles. The lowest BCUT2D eigenvalue weighted by atomic mass is 10.2. The van der Waals surface area contributed by atoms with Gasteiger partial charge in [-0.2, -0.15) is 0 Å². The first-order valence-electron chi connectivity index (χ1n) is 6.48. The molecule has 0 spiro atoms. The van der Waals surface area contributed by atoms with Crippen molar-refractivity contribution in [2.75, 3.05) is 14.2 Å². The molecule has 0 aromatic heterocycles. The molecule has 22 heavy (non-hydrogen) atoms. The molecule has 0 saturated heterocycles. The van der Waals surface area contributed by atoms with Crippen molar-refractivity contribution in [2.45, 2.75) is 11.4 Å². The van der Waals surface area contributed by atoms with Crippen molar-refractivity contribution in [1.29, 1.82) is 0 Å². The first-order valence-corrected chi connectivity index (χ1v) is 7.30. The van der Waals surface area contributed by atoms with Gasteiger partial charge in [0.25, 0.3) is 5.69 Å². The SMILES string of the molecule is COc1cc(CNSc2ccc([N+](=O)[O-])cc2)cc(OC)c1. The molecule has 1 N–H and O–H groups in total. The lowest BCUT2D eigenvalue weighted by molar-refractivity contribution is -0.384. The van der Waals surface area contributed by atoms with E-state index < -0.39 is 4.92 Å². The van der Waals surface area contributed by atoms with Crippen LogP contribution in [-0.4, -0.2) is 19.1 Å². The van der Waals surface area contributed by atoms with E-state index in [4.69, 9.17) is 9.47 Å². The van der Waals surface area contributed by atoms with E-state index >= 15 is 0 Å². The summed E-state index contributed by atoms with van der Waals surface area (Å²) in [5.74, 6) is 1.47. The summed E-state index contributed by atoms with van der Waals surface area (Å²) in [7, 11) is 3.22. The van der Waals surface area contributed by atoms with Crippen molar-refractivity contribution >= 4 is 17.6 Å². The van der Waals surface area contributed by atoms with Gasteiger partial charge in [0.05, 0.1) is 19.1 Å². The Balaban J connectivity index is 1.94. The second kappa shape index (κ2) is 7.67. The van der Waals surface area contributed by atoms with E-state index in [0.717, 1.165) is 22.0 Å². The summed E-state index contributed by atoms with van der Waals surface area (Å²) in [5.41, 5.74) is 1.10. The first-order chi connectivity index (χ1) is 10.6. The Morgan fingerprint density at radius 2 is 1.68 bits per heavy atom. The average molecular weight is 320 g/mol. The van der Waals surface area contributed by atoms with Crippen molar-refractivity contribution in [1.82, 2.24) is 4.72 Å². The van der Waals surface area contributed by atoms with Crippen molar-refractivity contribution in [2.24, 2.45) is 0 Å². The first kappa shape index (κ1) is 16.1. The highest BCUT2D eigenvalue weighted by molar-refractivity contribution is 7.97. The maximum absolute atomic E-state index is 10.6. The molecule has 0 bridgehead atoms. The van der Waals surface area contributed by atoms with Gasteiger partial charge in [0.15, 0.2) is 0 Å². The standard InChI is InChI=1S/C15H16N2O4S/c1-20-13-7-11(8-14(9-13)21-2)10-16-22-15-5-3-12(4-6-15)17(18)19/h3-9,16H,10H2,1-2H3. The van der Waals surface area contributed by atoms with Crippen LogP contribution < -0.4 is 14.2 Å². The monoisotopic (exact) mass is 320 g/mol. The van der Waals surface area contributed by atoms with Crippen LogP contribution in [0.4, 0.5) is 5.69 Å². The third-order valence-electron chi connectivity index (χ3n) is 2.93. The van der Waals surface area contributed by atoms with E-state index in [2.05, 4.69) is 4.72 Å². The molecule has 2 aromatic rings. The van der Waals surface area contributed by atoms with E-state index in [-0.39, 0.29) is 5.69 Å². The number of hydrogen-bond donors (Lipinski definition) is 1. The van der Waals surface area contributed by atoms with Gasteiger partial charge in [0.1, 0.15) is 11.5 Å². The van der Waals surface area contributed by atoms with E-state index in [1.54, 1.807) is 26.4 Å². The Kier molecular flexibility index (Phi) is 5.62. The van der Waals surface area contributed by atoms with Crippen molar-refractivity contribution < 1.29 is 14.4 Å². The average Bonchev–Trinajstić information content (AvgIpc) is 2.55. The van der Waals surface area contributed by atoms with Crippen LogP contribution in [0.15, 0.2) is 47.4 Å². The largest absolute Gasteiger partial charge is 0.497 e. The van der Waals surface area contributed by atoms with Gasteiger partial charge in [-0.3, -0.25) is 14.8 Å². The number of methoxy groups -OCH3 is 2. The molecule has 0 aliphatic heterocycles. The van der Waals surface area contributed by atoms with Gasteiger partial charge in [0, 0.05) is 29.6 Å². The molecule has 2 rings (SSSR count). The van der Waals surface area contributed by atoms with Gasteiger partial charge in [-0.15, -0.1) is 0 Å². The zero-order valence-electron chi connectivity index (χ0n) is 12.2. The number of nitrogens with zero attached hydrogens (tertiary/aromatic N) is 1. The molecule has 0 heterocycles. The number of non-ortho nitro benzene ring substituents is 1. The van der Waals surface area contributed by atoms with Crippen LogP contribution in [0.5, 0.6) is 11.5 Å². The summed E-state index contributed by atoms with van der Waals surface area (Å²) in [5, 5.41) is 10.6. The summed E-state index contributed by atoms with van der Waals surface area (Å²) in [6.07, 6.45) is 0. The highest BCUT2D eigenvalue weighted by Gasteiger charge is 2.05. The van der Waals surface area contributed by atoms with Gasteiger partial charge in [-0.25, -0.2) is 0 Å². The van der Waals surface area contributed by atoms with Crippen molar-refractivity contribution in [3.63, 3.8) is 0 Å². The van der Waals surface area contributed by atoms with Gasteiger partial charge in [0.2, 0.25) is 0 Å². The van der Waals surface area contributed by atoms with Crippen molar-refractivity contribution in [3.05, 3.63) is 58.1 Å². The minimum Gasteiger partial charge on any atom is -0.497 e. The molecule has 0 saturated carbocycles. The fourth-order valence-corrected chi connectivity index (χ4v) is 2.48. The molecular weight excluding hydrogens is 304 g/mol. The van der Waals surface area contributed by atoms with Crippen LogP contribution >= 0.6 is 11.9 Å². The molecule has 116 valence electrons. The quantitative estimate of drug-likeness (QED) is 0.479. The van der Waals surface area contributed by atoms with Crippen LogP contribution in [0, 0.1) is 10.1 Å². The highest BCUT2D eigenvalue weighted by Crippen LogP contribution is 2.24. The zero-order valence-corrected chi connectivity index (χ0v) is 13.1. The minimum atomic E-state index is -0.412. The molecule has 0 amide bonds. The predicted molar refractivity (Wildman–Crippen MR) is 85.3 cm³/mol. The van der Waals surface area contributed by atoms with E-state index in [0.29, 0.717) is 6.54 Å². The third kappa shape index (κ3) is 4.37. The van der Waals surface area contributed by atoms with E-state index in [1.807, 2.05) is 18.2 Å². The van der Waals surface area contributed by atoms with Crippen LogP contribution in [0.2, 0.25) is 0 Å². The van der Waals surface area contributed by atoms with Crippen LogP contribution in [0.25, 0.3) is 0 Å². The second-order valence-corrected chi connectivity index (χ2v) is 5.36. The number of nitro groups is 1. The number of nitro benzene ring substituents is 1. The Hall–Kier alpha value is -2.25. The van der Waals surface area contributed by atoms with Gasteiger partial charge >= 0.3 is 0 Å². The molecule has 0 aliphatic carbocycles. The Bertz CT molecular complexity index is 624. The summed E-state index contributed by atoms with van der Waals surface area (Å²) < 4.78 is 13.6. The second-order valence-electron chi connectivity index (χ2n) is 4.40. The third-order valence-corrected chi connectivity index (χ3v) is 3.72. The number of nitrogens with one attached hydrogen (secondary N) is 1. The minimum absolute atomic E-state index is 0.0851. The van der Waals surface area contributed by atoms with Gasteiger partial charge < -0.3 is 9.47 Å². The highest BCUT2D eigenvalue weighted by atomic mass is 32.2. The van der Waals surface area contributed by atoms with E-state index in [1.165, 1.54) is 24.1 Å². The zero-order chi connectivity index (χ0) is 15.9. The number of benzene rings is 2. The smallest absolute Gasteiger partial charge is 0.269 e. The van der Waals surface area contributed by atoms with Crippen LogP contribution in [-0.2, 0) is 6.54 Å². The number of rotatable bonds is 7. The molecule has 0 fully saturated rings. The molecule has 7 heteroatoms. The maximum Gasteiger partial charge on any atom is 0.269 e. The summed E-state index contributed by atoms with van der Waals surface area (Å²) in [6.45, 7) is 0.606. The van der Waals surface area contributed by atoms with Gasteiger partial charge in [-0.05, 0) is 41.8 Å². The summed E-state index contributed by atoms with van der Waals surface area (Å²) in [6, 6.07) is 12.0. The topological polar surface area (TPSA) is 73.6 Å². The molecule has 0 atom stereocenters.